The number of piperidine rings is 1. The van der Waals surface area contributed by atoms with Crippen LogP contribution in [0.15, 0.2) is 0 Å². The Balaban J connectivity index is 1.56. The van der Waals surface area contributed by atoms with Gasteiger partial charge in [-0.25, -0.2) is 15.3 Å². The molecule has 1 saturated carbocycles. The van der Waals surface area contributed by atoms with Gasteiger partial charge in [0.1, 0.15) is 6.04 Å². The zero-order chi connectivity index (χ0) is 13.4. The predicted octanol–water partition coefficient (Wildman–Crippen LogP) is 0.635. The van der Waals surface area contributed by atoms with Gasteiger partial charge in [0.25, 0.3) is 5.91 Å². The average Bonchev–Trinajstić information content (AvgIpc) is 3.01. The summed E-state index contributed by atoms with van der Waals surface area (Å²) in [6.45, 7) is 0.414. The van der Waals surface area contributed by atoms with Crippen LogP contribution in [0.3, 0.4) is 0 Å². The molecule has 3 fully saturated rings. The maximum atomic E-state index is 12.1. The van der Waals surface area contributed by atoms with Gasteiger partial charge in [-0.15, -0.1) is 0 Å². The van der Waals surface area contributed by atoms with E-state index in [0.29, 0.717) is 19.4 Å². The van der Waals surface area contributed by atoms with Crippen molar-refractivity contribution in [2.45, 2.75) is 56.7 Å². The Labute approximate surface area is 111 Å². The molecular formula is C12H19N3O4. The Bertz CT molecular complexity index is 383. The molecule has 1 aliphatic carbocycles. The molecule has 2 bridgehead atoms. The Morgan fingerprint density at radius 3 is 2.74 bits per heavy atom. The van der Waals surface area contributed by atoms with E-state index in [1.807, 2.05) is 0 Å². The maximum Gasteiger partial charge on any atom is 0.344 e. The normalized spacial score (nSPS) is 31.1. The van der Waals surface area contributed by atoms with Crippen molar-refractivity contribution >= 4 is 11.9 Å². The topological polar surface area (TPSA) is 82.1 Å². The van der Waals surface area contributed by atoms with Gasteiger partial charge >= 0.3 is 6.03 Å². The lowest BCUT2D eigenvalue weighted by molar-refractivity contribution is -0.143. The summed E-state index contributed by atoms with van der Waals surface area (Å²) in [7, 11) is 0. The van der Waals surface area contributed by atoms with Gasteiger partial charge in [0.2, 0.25) is 0 Å². The number of hydroxylamine groups is 3. The Morgan fingerprint density at radius 2 is 2.00 bits per heavy atom. The Hall–Kier alpha value is -1.34. The minimum Gasteiger partial charge on any atom is -0.309 e. The lowest BCUT2D eigenvalue weighted by atomic mass is 10.0. The van der Waals surface area contributed by atoms with E-state index in [2.05, 4.69) is 5.48 Å². The second-order valence-corrected chi connectivity index (χ2v) is 5.52. The van der Waals surface area contributed by atoms with Crippen LogP contribution in [0.4, 0.5) is 4.79 Å². The first kappa shape index (κ1) is 12.7. The van der Waals surface area contributed by atoms with Crippen LogP contribution >= 0.6 is 0 Å². The van der Waals surface area contributed by atoms with Crippen LogP contribution in [0.5, 0.6) is 0 Å². The van der Waals surface area contributed by atoms with Crippen molar-refractivity contribution in [3.8, 4) is 0 Å². The zero-order valence-electron chi connectivity index (χ0n) is 10.7. The quantitative estimate of drug-likeness (QED) is 0.581. The standard InChI is InChI=1S/C12H19N3O4/c16-11(13-19-9-3-1-2-4-9)10-6-5-8-7-14(10)12(17)15(8)18/h8-10,18H,1-7H2,(H,13,16)/t8-,10?/m1/s1. The number of hydrogen-bond acceptors (Lipinski definition) is 4. The van der Waals surface area contributed by atoms with E-state index in [4.69, 9.17) is 4.84 Å². The fraction of sp³-hybridized carbons (Fsp3) is 0.833. The summed E-state index contributed by atoms with van der Waals surface area (Å²) < 4.78 is 0. The molecule has 7 heteroatoms. The van der Waals surface area contributed by atoms with Crippen molar-refractivity contribution in [2.75, 3.05) is 6.54 Å². The highest BCUT2D eigenvalue weighted by Gasteiger charge is 2.46. The molecule has 3 rings (SSSR count). The Morgan fingerprint density at radius 1 is 1.26 bits per heavy atom. The van der Waals surface area contributed by atoms with Gasteiger partial charge in [0.05, 0.1) is 12.1 Å². The van der Waals surface area contributed by atoms with Gasteiger partial charge in [0.15, 0.2) is 0 Å². The fourth-order valence-electron chi connectivity index (χ4n) is 3.14. The molecule has 2 atom stereocenters. The van der Waals surface area contributed by atoms with Crippen LogP contribution in [-0.2, 0) is 9.63 Å². The first-order valence-electron chi connectivity index (χ1n) is 6.91. The summed E-state index contributed by atoms with van der Waals surface area (Å²) in [6.07, 6.45) is 5.52. The number of hydrogen-bond donors (Lipinski definition) is 2. The van der Waals surface area contributed by atoms with Crippen LogP contribution in [0.1, 0.15) is 38.5 Å². The van der Waals surface area contributed by atoms with Crippen LogP contribution in [0, 0.1) is 0 Å². The molecule has 3 amide bonds. The fourth-order valence-corrected chi connectivity index (χ4v) is 3.14. The van der Waals surface area contributed by atoms with Crippen molar-refractivity contribution in [3.05, 3.63) is 0 Å². The van der Waals surface area contributed by atoms with Gasteiger partial charge < -0.3 is 4.90 Å². The van der Waals surface area contributed by atoms with E-state index in [9.17, 15) is 14.8 Å². The van der Waals surface area contributed by atoms with Crippen LogP contribution in [-0.4, -0.2) is 51.8 Å². The van der Waals surface area contributed by atoms with E-state index < -0.39 is 12.1 Å². The number of urea groups is 1. The molecule has 3 aliphatic rings. The van der Waals surface area contributed by atoms with E-state index >= 15 is 0 Å². The molecule has 106 valence electrons. The van der Waals surface area contributed by atoms with Crippen molar-refractivity contribution in [2.24, 2.45) is 0 Å². The van der Waals surface area contributed by atoms with Gasteiger partial charge in [-0.3, -0.25) is 14.8 Å². The Kier molecular flexibility index (Phi) is 3.32. The monoisotopic (exact) mass is 269 g/mol. The molecule has 0 aromatic heterocycles. The SMILES string of the molecule is O=C(NOC1CCCC1)C1CC[C@@H]2CN1C(=O)N2O. The highest BCUT2D eigenvalue weighted by Crippen LogP contribution is 2.28. The lowest BCUT2D eigenvalue weighted by Gasteiger charge is -2.29. The summed E-state index contributed by atoms with van der Waals surface area (Å²) in [5.41, 5.74) is 2.48. The predicted molar refractivity (Wildman–Crippen MR) is 64.0 cm³/mol. The van der Waals surface area contributed by atoms with Gasteiger partial charge in [-0.1, -0.05) is 12.8 Å². The van der Waals surface area contributed by atoms with E-state index in [1.165, 1.54) is 4.90 Å². The second-order valence-electron chi connectivity index (χ2n) is 5.52. The first-order valence-corrected chi connectivity index (χ1v) is 6.91. The molecule has 2 heterocycles. The number of fused-ring (bicyclic) bond motifs is 2. The second kappa shape index (κ2) is 4.97. The molecule has 0 aromatic carbocycles. The summed E-state index contributed by atoms with van der Waals surface area (Å²) in [5.74, 6) is -0.283. The highest BCUT2D eigenvalue weighted by atomic mass is 16.7. The highest BCUT2D eigenvalue weighted by molar-refractivity contribution is 5.87. The van der Waals surface area contributed by atoms with E-state index in [0.717, 1.165) is 30.7 Å². The number of amides is 3. The first-order chi connectivity index (χ1) is 9.16. The molecule has 2 aliphatic heterocycles. The number of carbonyl (C=O) groups excluding carboxylic acids is 2. The number of nitrogens with one attached hydrogen (secondary N) is 1. The van der Waals surface area contributed by atoms with Gasteiger partial charge in [0, 0.05) is 6.54 Å². The third kappa shape index (κ3) is 2.28. The summed E-state index contributed by atoms with van der Waals surface area (Å²) in [4.78, 5) is 30.6. The molecule has 19 heavy (non-hydrogen) atoms. The lowest BCUT2D eigenvalue weighted by Crippen LogP contribution is -2.50. The van der Waals surface area contributed by atoms with Crippen molar-refractivity contribution < 1.29 is 19.6 Å². The average molecular weight is 269 g/mol. The minimum atomic E-state index is -0.526. The van der Waals surface area contributed by atoms with Crippen molar-refractivity contribution in [1.29, 1.82) is 0 Å². The zero-order valence-corrected chi connectivity index (χ0v) is 10.7. The molecule has 0 spiro atoms. The van der Waals surface area contributed by atoms with Gasteiger partial charge in [-0.2, -0.15) is 0 Å². The summed E-state index contributed by atoms with van der Waals surface area (Å²) >= 11 is 0. The summed E-state index contributed by atoms with van der Waals surface area (Å²) in [6, 6.07) is -1.18. The molecule has 7 nitrogen and oxygen atoms in total. The molecular weight excluding hydrogens is 250 g/mol. The van der Waals surface area contributed by atoms with E-state index in [1.54, 1.807) is 0 Å². The third-order valence-corrected chi connectivity index (χ3v) is 4.28. The molecule has 0 aromatic rings. The number of rotatable bonds is 3. The van der Waals surface area contributed by atoms with Crippen LogP contribution in [0.2, 0.25) is 0 Å². The largest absolute Gasteiger partial charge is 0.344 e. The van der Waals surface area contributed by atoms with E-state index in [-0.39, 0.29) is 18.1 Å². The third-order valence-electron chi connectivity index (χ3n) is 4.28. The van der Waals surface area contributed by atoms with Crippen LogP contribution < -0.4 is 5.48 Å². The maximum absolute atomic E-state index is 12.1. The summed E-state index contributed by atoms with van der Waals surface area (Å²) in [5, 5.41) is 10.3. The molecule has 0 radical (unpaired) electrons. The van der Waals surface area contributed by atoms with Crippen LogP contribution in [0.25, 0.3) is 0 Å². The smallest absolute Gasteiger partial charge is 0.309 e. The number of carbonyl (C=O) groups is 2. The van der Waals surface area contributed by atoms with Crippen molar-refractivity contribution in [1.82, 2.24) is 15.4 Å². The molecule has 2 saturated heterocycles. The molecule has 2 N–H and O–H groups in total. The molecule has 1 unspecified atom stereocenters. The minimum absolute atomic E-state index is 0.101. The van der Waals surface area contributed by atoms with Gasteiger partial charge in [-0.05, 0) is 25.7 Å². The number of nitrogens with zero attached hydrogens (tertiary/aromatic N) is 2. The van der Waals surface area contributed by atoms with Crippen molar-refractivity contribution in [3.63, 3.8) is 0 Å².